The normalized spacial score (nSPS) is 17.7. The summed E-state index contributed by atoms with van der Waals surface area (Å²) >= 11 is 6.24. The van der Waals surface area contributed by atoms with Crippen LogP contribution in [0.4, 0.5) is 0 Å². The first-order valence-electron chi connectivity index (χ1n) is 8.35. The molecule has 0 bridgehead atoms. The van der Waals surface area contributed by atoms with Crippen LogP contribution in [-0.2, 0) is 6.54 Å². The number of aromatic nitrogens is 2. The van der Waals surface area contributed by atoms with Crippen molar-refractivity contribution in [3.8, 4) is 0 Å². The standard InChI is InChI=1S/C18H23ClN4O/c1-12-17(18(24)21-15-7-5-9-20-10-15)13(2)23(22-12)11-14-6-3-4-8-16(14)19/h3-4,6,8,15,20H,5,7,9-11H2,1-2H3,(H,21,24)/t15-/m0/s1. The van der Waals surface area contributed by atoms with Gasteiger partial charge in [-0.1, -0.05) is 29.8 Å². The monoisotopic (exact) mass is 346 g/mol. The van der Waals surface area contributed by atoms with Crippen LogP contribution in [0.3, 0.4) is 0 Å². The minimum absolute atomic E-state index is 0.0379. The predicted octanol–water partition coefficient (Wildman–Crippen LogP) is 2.68. The van der Waals surface area contributed by atoms with Gasteiger partial charge in [-0.3, -0.25) is 9.48 Å². The molecule has 0 radical (unpaired) electrons. The van der Waals surface area contributed by atoms with E-state index in [1.165, 1.54) is 0 Å². The molecule has 1 saturated heterocycles. The Hall–Kier alpha value is -1.85. The van der Waals surface area contributed by atoms with Crippen LogP contribution in [0, 0.1) is 13.8 Å². The van der Waals surface area contributed by atoms with Crippen molar-refractivity contribution in [1.29, 1.82) is 0 Å². The molecule has 0 spiro atoms. The fourth-order valence-corrected chi connectivity index (χ4v) is 3.40. The molecule has 6 heteroatoms. The van der Waals surface area contributed by atoms with Crippen LogP contribution < -0.4 is 10.6 Å². The Labute approximate surface area is 147 Å². The van der Waals surface area contributed by atoms with Crippen LogP contribution in [0.5, 0.6) is 0 Å². The summed E-state index contributed by atoms with van der Waals surface area (Å²) in [6.07, 6.45) is 2.11. The second-order valence-corrected chi connectivity index (χ2v) is 6.72. The van der Waals surface area contributed by atoms with Crippen molar-refractivity contribution < 1.29 is 4.79 Å². The third-order valence-corrected chi connectivity index (χ3v) is 4.89. The summed E-state index contributed by atoms with van der Waals surface area (Å²) in [7, 11) is 0. The first-order chi connectivity index (χ1) is 11.6. The predicted molar refractivity (Wildman–Crippen MR) is 95.6 cm³/mol. The molecule has 3 rings (SSSR count). The number of nitrogens with one attached hydrogen (secondary N) is 2. The van der Waals surface area contributed by atoms with E-state index in [0.29, 0.717) is 17.1 Å². The molecule has 1 atom stereocenters. The van der Waals surface area contributed by atoms with Gasteiger partial charge in [-0.2, -0.15) is 5.10 Å². The van der Waals surface area contributed by atoms with Crippen LogP contribution in [0.15, 0.2) is 24.3 Å². The molecule has 128 valence electrons. The summed E-state index contributed by atoms with van der Waals surface area (Å²) in [6, 6.07) is 7.90. The van der Waals surface area contributed by atoms with Gasteiger partial charge in [0.1, 0.15) is 0 Å². The molecule has 0 unspecified atom stereocenters. The lowest BCUT2D eigenvalue weighted by Crippen LogP contribution is -2.45. The Morgan fingerprint density at radius 3 is 2.92 bits per heavy atom. The van der Waals surface area contributed by atoms with E-state index in [-0.39, 0.29) is 11.9 Å². The number of aryl methyl sites for hydroxylation is 1. The third kappa shape index (κ3) is 3.62. The van der Waals surface area contributed by atoms with Crippen molar-refractivity contribution in [2.75, 3.05) is 13.1 Å². The molecule has 24 heavy (non-hydrogen) atoms. The van der Waals surface area contributed by atoms with Crippen molar-refractivity contribution >= 4 is 17.5 Å². The van der Waals surface area contributed by atoms with Crippen LogP contribution in [-0.4, -0.2) is 34.8 Å². The van der Waals surface area contributed by atoms with E-state index < -0.39 is 0 Å². The van der Waals surface area contributed by atoms with Gasteiger partial charge in [-0.25, -0.2) is 0 Å². The van der Waals surface area contributed by atoms with E-state index in [9.17, 15) is 4.79 Å². The number of rotatable bonds is 4. The average molecular weight is 347 g/mol. The van der Waals surface area contributed by atoms with Crippen LogP contribution in [0.25, 0.3) is 0 Å². The van der Waals surface area contributed by atoms with Crippen molar-refractivity contribution in [2.45, 2.75) is 39.3 Å². The lowest BCUT2D eigenvalue weighted by atomic mass is 10.1. The Kier molecular flexibility index (Phi) is 5.21. The van der Waals surface area contributed by atoms with Gasteiger partial charge >= 0.3 is 0 Å². The minimum Gasteiger partial charge on any atom is -0.348 e. The number of hydrogen-bond acceptors (Lipinski definition) is 3. The highest BCUT2D eigenvalue weighted by atomic mass is 35.5. The first kappa shape index (κ1) is 17.0. The minimum atomic E-state index is -0.0379. The smallest absolute Gasteiger partial charge is 0.255 e. The van der Waals surface area contributed by atoms with Gasteiger partial charge in [-0.15, -0.1) is 0 Å². The number of carbonyl (C=O) groups is 1. The molecular formula is C18H23ClN4O. The number of benzene rings is 1. The van der Waals surface area contributed by atoms with Gasteiger partial charge in [0.15, 0.2) is 0 Å². The Morgan fingerprint density at radius 2 is 2.21 bits per heavy atom. The number of piperidine rings is 1. The Balaban J connectivity index is 1.78. The van der Waals surface area contributed by atoms with E-state index in [4.69, 9.17) is 11.6 Å². The van der Waals surface area contributed by atoms with Gasteiger partial charge in [0.25, 0.3) is 5.91 Å². The highest BCUT2D eigenvalue weighted by molar-refractivity contribution is 6.31. The van der Waals surface area contributed by atoms with Gasteiger partial charge in [0.2, 0.25) is 0 Å². The van der Waals surface area contributed by atoms with E-state index in [0.717, 1.165) is 42.9 Å². The lowest BCUT2D eigenvalue weighted by molar-refractivity contribution is 0.0929. The van der Waals surface area contributed by atoms with Crippen molar-refractivity contribution in [3.05, 3.63) is 51.8 Å². The summed E-state index contributed by atoms with van der Waals surface area (Å²) in [5.41, 5.74) is 3.29. The zero-order valence-corrected chi connectivity index (χ0v) is 14.9. The maximum Gasteiger partial charge on any atom is 0.255 e. The average Bonchev–Trinajstić information content (AvgIpc) is 2.84. The van der Waals surface area contributed by atoms with E-state index in [1.54, 1.807) is 0 Å². The van der Waals surface area contributed by atoms with Crippen LogP contribution in [0.1, 0.15) is 40.2 Å². The molecule has 2 aromatic rings. The lowest BCUT2D eigenvalue weighted by Gasteiger charge is -2.23. The van der Waals surface area contributed by atoms with E-state index in [2.05, 4.69) is 15.7 Å². The summed E-state index contributed by atoms with van der Waals surface area (Å²) in [5, 5.41) is 11.7. The molecule has 1 aromatic carbocycles. The molecule has 1 aromatic heterocycles. The first-order valence-corrected chi connectivity index (χ1v) is 8.73. The van der Waals surface area contributed by atoms with Crippen molar-refractivity contribution in [1.82, 2.24) is 20.4 Å². The quantitative estimate of drug-likeness (QED) is 0.894. The van der Waals surface area contributed by atoms with Crippen LogP contribution >= 0.6 is 11.6 Å². The maximum absolute atomic E-state index is 12.7. The second-order valence-electron chi connectivity index (χ2n) is 6.31. The molecular weight excluding hydrogens is 324 g/mol. The molecule has 2 heterocycles. The molecule has 1 aliphatic rings. The van der Waals surface area contributed by atoms with Gasteiger partial charge in [0.05, 0.1) is 17.8 Å². The van der Waals surface area contributed by atoms with E-state index >= 15 is 0 Å². The zero-order valence-electron chi connectivity index (χ0n) is 14.1. The molecule has 1 amide bonds. The fraction of sp³-hybridized carbons (Fsp3) is 0.444. The fourth-order valence-electron chi connectivity index (χ4n) is 3.20. The molecule has 1 aliphatic heterocycles. The van der Waals surface area contributed by atoms with Gasteiger partial charge < -0.3 is 10.6 Å². The Morgan fingerprint density at radius 1 is 1.42 bits per heavy atom. The van der Waals surface area contributed by atoms with E-state index in [1.807, 2.05) is 42.8 Å². The van der Waals surface area contributed by atoms with Gasteiger partial charge in [0, 0.05) is 23.3 Å². The largest absolute Gasteiger partial charge is 0.348 e. The molecule has 1 fully saturated rings. The highest BCUT2D eigenvalue weighted by Gasteiger charge is 2.22. The number of halogens is 1. The number of nitrogens with zero attached hydrogens (tertiary/aromatic N) is 2. The molecule has 2 N–H and O–H groups in total. The number of carbonyl (C=O) groups excluding carboxylic acids is 1. The molecule has 0 saturated carbocycles. The SMILES string of the molecule is Cc1nn(Cc2ccccc2Cl)c(C)c1C(=O)N[C@H]1CCCNC1. The maximum atomic E-state index is 12.7. The van der Waals surface area contributed by atoms with Crippen molar-refractivity contribution in [2.24, 2.45) is 0 Å². The van der Waals surface area contributed by atoms with Crippen molar-refractivity contribution in [3.63, 3.8) is 0 Å². The third-order valence-electron chi connectivity index (χ3n) is 4.52. The highest BCUT2D eigenvalue weighted by Crippen LogP contribution is 2.19. The van der Waals surface area contributed by atoms with Crippen LogP contribution in [0.2, 0.25) is 5.02 Å². The molecule has 5 nitrogen and oxygen atoms in total. The summed E-state index contributed by atoms with van der Waals surface area (Å²) in [6.45, 7) is 6.23. The summed E-state index contributed by atoms with van der Waals surface area (Å²) in [4.78, 5) is 12.7. The summed E-state index contributed by atoms with van der Waals surface area (Å²) in [5.74, 6) is -0.0379. The molecule has 0 aliphatic carbocycles. The number of hydrogen-bond donors (Lipinski definition) is 2. The number of amides is 1. The van der Waals surface area contributed by atoms with Gasteiger partial charge in [-0.05, 0) is 44.9 Å². The Bertz CT molecular complexity index is 735. The second kappa shape index (κ2) is 7.36. The zero-order chi connectivity index (χ0) is 17.1. The summed E-state index contributed by atoms with van der Waals surface area (Å²) < 4.78 is 1.85. The topological polar surface area (TPSA) is 59.0 Å².